The number of nitro benzene ring substituents is 1. The van der Waals surface area contributed by atoms with Crippen molar-refractivity contribution in [3.63, 3.8) is 0 Å². The molecule has 0 radical (unpaired) electrons. The quantitative estimate of drug-likeness (QED) is 0.622. The molecule has 2 aromatic rings. The summed E-state index contributed by atoms with van der Waals surface area (Å²) in [5.41, 5.74) is 1.53. The van der Waals surface area contributed by atoms with Gasteiger partial charge < -0.3 is 9.84 Å². The Bertz CT molecular complexity index is 705. The minimum absolute atomic E-state index is 0.0213. The largest absolute Gasteiger partial charge is 0.496 e. The lowest BCUT2D eigenvalue weighted by Crippen LogP contribution is -2.28. The summed E-state index contributed by atoms with van der Waals surface area (Å²) in [7, 11) is 3.53. The number of ether oxygens (including phenoxy) is 1. The van der Waals surface area contributed by atoms with E-state index in [0.717, 1.165) is 11.3 Å². The van der Waals surface area contributed by atoms with Gasteiger partial charge in [-0.2, -0.15) is 0 Å². The van der Waals surface area contributed by atoms with Gasteiger partial charge >= 0.3 is 0 Å². The number of likely N-dealkylation sites (N-methyl/N-ethyl adjacent to an activating group) is 1. The minimum Gasteiger partial charge on any atom is -0.496 e. The summed E-state index contributed by atoms with van der Waals surface area (Å²) >= 11 is 0. The van der Waals surface area contributed by atoms with E-state index >= 15 is 0 Å². The number of methoxy groups -OCH3 is 1. The summed E-state index contributed by atoms with van der Waals surface area (Å²) < 4.78 is 5.38. The smallest absolute Gasteiger partial charge is 0.269 e. The maximum atomic E-state index is 10.9. The molecule has 2 unspecified atom stereocenters. The Hall–Kier alpha value is -2.44. The first kappa shape index (κ1) is 17.9. The van der Waals surface area contributed by atoms with Crippen molar-refractivity contribution in [2.75, 3.05) is 20.7 Å². The van der Waals surface area contributed by atoms with Crippen LogP contribution in [0.5, 0.6) is 5.75 Å². The zero-order valence-electron chi connectivity index (χ0n) is 14.0. The van der Waals surface area contributed by atoms with E-state index in [2.05, 4.69) is 0 Å². The van der Waals surface area contributed by atoms with Gasteiger partial charge in [0.25, 0.3) is 5.69 Å². The van der Waals surface area contributed by atoms with Crippen LogP contribution >= 0.6 is 0 Å². The second-order valence-electron chi connectivity index (χ2n) is 5.73. The van der Waals surface area contributed by atoms with Crippen molar-refractivity contribution in [2.45, 2.75) is 19.1 Å². The number of rotatable bonds is 7. The first-order valence-electron chi connectivity index (χ1n) is 7.69. The Morgan fingerprint density at radius 3 is 2.62 bits per heavy atom. The fourth-order valence-electron chi connectivity index (χ4n) is 2.63. The molecule has 2 aromatic carbocycles. The van der Waals surface area contributed by atoms with Gasteiger partial charge in [0.15, 0.2) is 0 Å². The Morgan fingerprint density at radius 1 is 1.25 bits per heavy atom. The molecular formula is C18H22N2O4. The minimum atomic E-state index is -0.813. The van der Waals surface area contributed by atoms with Crippen LogP contribution in [0.25, 0.3) is 0 Å². The summed E-state index contributed by atoms with van der Waals surface area (Å²) in [5.74, 6) is 0.793. The van der Waals surface area contributed by atoms with Crippen LogP contribution in [0.3, 0.4) is 0 Å². The number of non-ortho nitro benzene ring substituents is 1. The molecular weight excluding hydrogens is 308 g/mol. The van der Waals surface area contributed by atoms with Gasteiger partial charge in [-0.3, -0.25) is 15.0 Å². The number of nitro groups is 1. The van der Waals surface area contributed by atoms with Crippen molar-refractivity contribution in [2.24, 2.45) is 0 Å². The van der Waals surface area contributed by atoms with E-state index in [-0.39, 0.29) is 11.7 Å². The molecule has 0 aliphatic heterocycles. The van der Waals surface area contributed by atoms with E-state index in [1.165, 1.54) is 12.1 Å². The predicted octanol–water partition coefficient (Wildman–Crippen LogP) is 3.33. The van der Waals surface area contributed by atoms with Crippen molar-refractivity contribution >= 4 is 5.69 Å². The molecule has 2 rings (SSSR count). The van der Waals surface area contributed by atoms with Gasteiger partial charge in [0.1, 0.15) is 5.75 Å². The van der Waals surface area contributed by atoms with Crippen LogP contribution < -0.4 is 4.74 Å². The van der Waals surface area contributed by atoms with Crippen LogP contribution in [-0.2, 0) is 0 Å². The third-order valence-electron chi connectivity index (χ3n) is 4.18. The van der Waals surface area contributed by atoms with Crippen LogP contribution in [0, 0.1) is 10.1 Å². The van der Waals surface area contributed by atoms with Crippen molar-refractivity contribution < 1.29 is 14.8 Å². The van der Waals surface area contributed by atoms with Crippen molar-refractivity contribution in [3.8, 4) is 5.75 Å². The van der Waals surface area contributed by atoms with Gasteiger partial charge in [-0.05, 0) is 25.6 Å². The standard InChI is InChI=1S/C18H22N2O4/c1-13(16-9-4-5-10-18(16)24-3)19(2)12-17(21)14-7-6-8-15(11-14)20(22)23/h4-11,13,17,21H,12H2,1-3H3. The summed E-state index contributed by atoms with van der Waals surface area (Å²) in [6.45, 7) is 2.37. The fraction of sp³-hybridized carbons (Fsp3) is 0.333. The highest BCUT2D eigenvalue weighted by Gasteiger charge is 2.20. The van der Waals surface area contributed by atoms with E-state index in [1.807, 2.05) is 43.1 Å². The first-order chi connectivity index (χ1) is 11.4. The normalized spacial score (nSPS) is 13.5. The highest BCUT2D eigenvalue weighted by atomic mass is 16.6. The van der Waals surface area contributed by atoms with Gasteiger partial charge in [-0.1, -0.05) is 30.3 Å². The zero-order chi connectivity index (χ0) is 17.7. The second kappa shape index (κ2) is 7.90. The molecule has 0 saturated heterocycles. The number of aliphatic hydroxyl groups excluding tert-OH is 1. The molecule has 6 nitrogen and oxygen atoms in total. The summed E-state index contributed by atoms with van der Waals surface area (Å²) in [5, 5.41) is 21.3. The predicted molar refractivity (Wildman–Crippen MR) is 92.1 cm³/mol. The van der Waals surface area contributed by atoms with E-state index in [9.17, 15) is 15.2 Å². The lowest BCUT2D eigenvalue weighted by atomic mass is 10.0. The number of hydrogen-bond donors (Lipinski definition) is 1. The second-order valence-corrected chi connectivity index (χ2v) is 5.73. The molecule has 1 N–H and O–H groups in total. The average Bonchev–Trinajstić information content (AvgIpc) is 2.60. The molecule has 24 heavy (non-hydrogen) atoms. The summed E-state index contributed by atoms with van der Waals surface area (Å²) in [4.78, 5) is 12.4. The summed E-state index contributed by atoms with van der Waals surface area (Å²) in [6, 6.07) is 13.9. The highest BCUT2D eigenvalue weighted by molar-refractivity contribution is 5.36. The molecule has 0 heterocycles. The van der Waals surface area contributed by atoms with Crippen LogP contribution in [0.1, 0.15) is 30.2 Å². The maximum absolute atomic E-state index is 10.9. The van der Waals surface area contributed by atoms with E-state index < -0.39 is 11.0 Å². The fourth-order valence-corrected chi connectivity index (χ4v) is 2.63. The van der Waals surface area contributed by atoms with Crippen LogP contribution in [0.15, 0.2) is 48.5 Å². The van der Waals surface area contributed by atoms with Crippen LogP contribution in [-0.4, -0.2) is 35.6 Å². The molecule has 0 saturated carbocycles. The Kier molecular flexibility index (Phi) is 5.89. The summed E-state index contributed by atoms with van der Waals surface area (Å²) in [6.07, 6.45) is -0.813. The Balaban J connectivity index is 2.12. The Morgan fingerprint density at radius 2 is 1.96 bits per heavy atom. The van der Waals surface area contributed by atoms with Crippen LogP contribution in [0.2, 0.25) is 0 Å². The highest BCUT2D eigenvalue weighted by Crippen LogP contribution is 2.29. The van der Waals surface area contributed by atoms with E-state index in [0.29, 0.717) is 12.1 Å². The lowest BCUT2D eigenvalue weighted by Gasteiger charge is -2.28. The molecule has 0 aromatic heterocycles. The van der Waals surface area contributed by atoms with Gasteiger partial charge in [-0.15, -0.1) is 0 Å². The molecule has 0 aliphatic rings. The van der Waals surface area contributed by atoms with Gasteiger partial charge in [0.2, 0.25) is 0 Å². The Labute approximate surface area is 141 Å². The average molecular weight is 330 g/mol. The third-order valence-corrected chi connectivity index (χ3v) is 4.18. The molecule has 128 valence electrons. The van der Waals surface area contributed by atoms with E-state index in [1.54, 1.807) is 19.2 Å². The molecule has 0 aliphatic carbocycles. The maximum Gasteiger partial charge on any atom is 0.269 e. The molecule has 0 amide bonds. The lowest BCUT2D eigenvalue weighted by molar-refractivity contribution is -0.385. The number of para-hydroxylation sites is 1. The monoisotopic (exact) mass is 330 g/mol. The van der Waals surface area contributed by atoms with Gasteiger partial charge in [0, 0.05) is 30.3 Å². The van der Waals surface area contributed by atoms with Crippen molar-refractivity contribution in [1.29, 1.82) is 0 Å². The van der Waals surface area contributed by atoms with Gasteiger partial charge in [0.05, 0.1) is 18.1 Å². The molecule has 0 bridgehead atoms. The van der Waals surface area contributed by atoms with Crippen LogP contribution in [0.4, 0.5) is 5.69 Å². The van der Waals surface area contributed by atoms with Gasteiger partial charge in [-0.25, -0.2) is 0 Å². The van der Waals surface area contributed by atoms with Crippen molar-refractivity contribution in [1.82, 2.24) is 4.90 Å². The number of hydrogen-bond acceptors (Lipinski definition) is 5. The number of benzene rings is 2. The molecule has 2 atom stereocenters. The van der Waals surface area contributed by atoms with Crippen molar-refractivity contribution in [3.05, 3.63) is 69.8 Å². The first-order valence-corrected chi connectivity index (χ1v) is 7.69. The number of aliphatic hydroxyl groups is 1. The topological polar surface area (TPSA) is 75.8 Å². The zero-order valence-corrected chi connectivity index (χ0v) is 14.0. The number of nitrogens with zero attached hydrogens (tertiary/aromatic N) is 2. The SMILES string of the molecule is COc1ccccc1C(C)N(C)CC(O)c1cccc([N+](=O)[O-])c1. The molecule has 6 heteroatoms. The molecule has 0 spiro atoms. The third kappa shape index (κ3) is 4.10. The molecule has 0 fully saturated rings. The van der Waals surface area contributed by atoms with E-state index in [4.69, 9.17) is 4.74 Å².